The van der Waals surface area contributed by atoms with E-state index in [2.05, 4.69) is 21.3 Å². The van der Waals surface area contributed by atoms with Crippen LogP contribution in [0.1, 0.15) is 16.3 Å². The van der Waals surface area contributed by atoms with Crippen LogP contribution in [-0.2, 0) is 9.53 Å². The van der Waals surface area contributed by atoms with Crippen LogP contribution < -0.4 is 4.90 Å². The number of aryl methyl sites for hydroxylation is 1. The minimum Gasteiger partial charge on any atom is -0.480 e. The number of anilines is 1. The summed E-state index contributed by atoms with van der Waals surface area (Å²) in [5.74, 6) is -1.43. The van der Waals surface area contributed by atoms with Gasteiger partial charge in [0.1, 0.15) is 12.4 Å². The summed E-state index contributed by atoms with van der Waals surface area (Å²) in [6.07, 6.45) is 1.55. The predicted molar refractivity (Wildman–Crippen MR) is 68.2 cm³/mol. The van der Waals surface area contributed by atoms with Crippen molar-refractivity contribution in [2.24, 2.45) is 0 Å². The van der Waals surface area contributed by atoms with E-state index in [9.17, 15) is 9.59 Å². The number of esters is 1. The molecule has 7 nitrogen and oxygen atoms in total. The van der Waals surface area contributed by atoms with Crippen molar-refractivity contribution >= 4 is 17.8 Å². The highest BCUT2D eigenvalue weighted by molar-refractivity contribution is 5.85. The molecule has 0 bridgehead atoms. The van der Waals surface area contributed by atoms with Gasteiger partial charge >= 0.3 is 11.9 Å². The Morgan fingerprint density at radius 1 is 1.53 bits per heavy atom. The highest BCUT2D eigenvalue weighted by atomic mass is 16.5. The van der Waals surface area contributed by atoms with E-state index in [1.54, 1.807) is 19.1 Å². The lowest BCUT2D eigenvalue weighted by atomic mass is 10.3. The van der Waals surface area contributed by atoms with Crippen molar-refractivity contribution in [2.75, 3.05) is 25.1 Å². The van der Waals surface area contributed by atoms with Gasteiger partial charge in [-0.15, -0.1) is 6.58 Å². The highest BCUT2D eigenvalue weighted by Gasteiger charge is 2.16. The van der Waals surface area contributed by atoms with E-state index in [1.165, 1.54) is 12.0 Å². The zero-order valence-electron chi connectivity index (χ0n) is 10.8. The number of carboxylic acids is 1. The normalized spacial score (nSPS) is 9.79. The monoisotopic (exact) mass is 265 g/mol. The van der Waals surface area contributed by atoms with Crippen molar-refractivity contribution in [3.63, 3.8) is 0 Å². The SMILES string of the molecule is C=CCN(CC(=O)O)c1cc(C)nc(C(=O)OC)n1. The molecular weight excluding hydrogens is 250 g/mol. The zero-order valence-corrected chi connectivity index (χ0v) is 10.8. The molecule has 1 aromatic rings. The third-order valence-electron chi connectivity index (χ3n) is 2.21. The van der Waals surface area contributed by atoms with E-state index in [0.717, 1.165) is 0 Å². The summed E-state index contributed by atoms with van der Waals surface area (Å²) in [6.45, 7) is 5.29. The number of carboxylic acid groups (broad SMARTS) is 1. The first kappa shape index (κ1) is 14.6. The summed E-state index contributed by atoms with van der Waals surface area (Å²) < 4.78 is 4.55. The number of ether oxygens (including phenoxy) is 1. The molecule has 0 saturated carbocycles. The van der Waals surface area contributed by atoms with Gasteiger partial charge in [-0.25, -0.2) is 14.8 Å². The lowest BCUT2D eigenvalue weighted by Gasteiger charge is -2.20. The van der Waals surface area contributed by atoms with Crippen LogP contribution in [0.4, 0.5) is 5.82 Å². The summed E-state index contributed by atoms with van der Waals surface area (Å²) in [5.41, 5.74) is 0.546. The molecule has 1 heterocycles. The largest absolute Gasteiger partial charge is 0.480 e. The van der Waals surface area contributed by atoms with Crippen molar-refractivity contribution < 1.29 is 19.4 Å². The molecule has 0 saturated heterocycles. The van der Waals surface area contributed by atoms with Crippen LogP contribution in [-0.4, -0.2) is 47.2 Å². The minimum atomic E-state index is -1.00. The van der Waals surface area contributed by atoms with E-state index in [4.69, 9.17) is 5.11 Å². The average Bonchev–Trinajstić information content (AvgIpc) is 2.36. The molecular formula is C12H15N3O4. The van der Waals surface area contributed by atoms with Gasteiger partial charge in [-0.1, -0.05) is 6.08 Å². The van der Waals surface area contributed by atoms with Crippen LogP contribution in [0, 0.1) is 6.92 Å². The second-order valence-electron chi connectivity index (χ2n) is 3.75. The van der Waals surface area contributed by atoms with Crippen molar-refractivity contribution in [3.8, 4) is 0 Å². The summed E-state index contributed by atoms with van der Waals surface area (Å²) in [7, 11) is 1.23. The van der Waals surface area contributed by atoms with Crippen molar-refractivity contribution in [1.82, 2.24) is 9.97 Å². The Labute approximate surface area is 110 Å². The fourth-order valence-electron chi connectivity index (χ4n) is 1.45. The van der Waals surface area contributed by atoms with Crippen LogP contribution in [0.3, 0.4) is 0 Å². The van der Waals surface area contributed by atoms with E-state index in [0.29, 0.717) is 18.1 Å². The van der Waals surface area contributed by atoms with Gasteiger partial charge in [0.15, 0.2) is 0 Å². The predicted octanol–water partition coefficient (Wildman–Crippen LogP) is 0.649. The standard InChI is InChI=1S/C12H15N3O4/c1-4-5-15(7-10(16)17)9-6-8(2)13-11(14-9)12(18)19-3/h4,6H,1,5,7H2,2-3H3,(H,16,17). The molecule has 102 valence electrons. The fourth-order valence-corrected chi connectivity index (χ4v) is 1.45. The second kappa shape index (κ2) is 6.48. The smallest absolute Gasteiger partial charge is 0.376 e. The summed E-state index contributed by atoms with van der Waals surface area (Å²) in [5, 5.41) is 8.85. The number of carbonyl (C=O) groups is 2. The molecule has 0 aliphatic carbocycles. The number of nitrogens with zero attached hydrogens (tertiary/aromatic N) is 3. The number of aromatic nitrogens is 2. The Kier molecular flexibility index (Phi) is 4.99. The van der Waals surface area contributed by atoms with Gasteiger partial charge < -0.3 is 14.7 Å². The lowest BCUT2D eigenvalue weighted by Crippen LogP contribution is -2.31. The molecule has 19 heavy (non-hydrogen) atoms. The maximum atomic E-state index is 11.4. The summed E-state index contributed by atoms with van der Waals surface area (Å²) in [6, 6.07) is 1.60. The van der Waals surface area contributed by atoms with Gasteiger partial charge in [0.2, 0.25) is 5.82 Å². The van der Waals surface area contributed by atoms with Crippen LogP contribution in [0.2, 0.25) is 0 Å². The molecule has 1 aromatic heterocycles. The third-order valence-corrected chi connectivity index (χ3v) is 2.21. The van der Waals surface area contributed by atoms with Gasteiger partial charge in [-0.2, -0.15) is 0 Å². The molecule has 0 amide bonds. The maximum absolute atomic E-state index is 11.4. The van der Waals surface area contributed by atoms with Crippen LogP contribution in [0.15, 0.2) is 18.7 Å². The zero-order chi connectivity index (χ0) is 14.4. The molecule has 0 aromatic carbocycles. The number of aliphatic carboxylic acids is 1. The Bertz CT molecular complexity index is 502. The van der Waals surface area contributed by atoms with Crippen LogP contribution in [0.5, 0.6) is 0 Å². The molecule has 0 radical (unpaired) electrons. The molecule has 0 aliphatic rings. The van der Waals surface area contributed by atoms with Gasteiger partial charge in [0.05, 0.1) is 7.11 Å². The van der Waals surface area contributed by atoms with Crippen molar-refractivity contribution in [3.05, 3.63) is 30.2 Å². The number of carbonyl (C=O) groups excluding carboxylic acids is 1. The number of methoxy groups -OCH3 is 1. The van der Waals surface area contributed by atoms with Gasteiger partial charge in [0, 0.05) is 18.3 Å². The van der Waals surface area contributed by atoms with E-state index < -0.39 is 11.9 Å². The fraction of sp³-hybridized carbons (Fsp3) is 0.333. The summed E-state index contributed by atoms with van der Waals surface area (Å²) in [4.78, 5) is 31.6. The Hall–Kier alpha value is -2.44. The first-order valence-corrected chi connectivity index (χ1v) is 5.49. The van der Waals surface area contributed by atoms with Crippen molar-refractivity contribution in [2.45, 2.75) is 6.92 Å². The molecule has 1 N–H and O–H groups in total. The Balaban J connectivity index is 3.14. The summed E-state index contributed by atoms with van der Waals surface area (Å²) >= 11 is 0. The van der Waals surface area contributed by atoms with E-state index in [1.807, 2.05) is 0 Å². The van der Waals surface area contributed by atoms with Crippen LogP contribution >= 0.6 is 0 Å². The second-order valence-corrected chi connectivity index (χ2v) is 3.75. The molecule has 0 fully saturated rings. The first-order valence-electron chi connectivity index (χ1n) is 5.49. The van der Waals surface area contributed by atoms with Crippen molar-refractivity contribution in [1.29, 1.82) is 0 Å². The quantitative estimate of drug-likeness (QED) is 0.596. The topological polar surface area (TPSA) is 92.6 Å². The Morgan fingerprint density at radius 3 is 2.74 bits per heavy atom. The van der Waals surface area contributed by atoms with E-state index >= 15 is 0 Å². The molecule has 0 unspecified atom stereocenters. The third kappa shape index (κ3) is 4.06. The highest BCUT2D eigenvalue weighted by Crippen LogP contribution is 2.13. The molecule has 0 atom stereocenters. The van der Waals surface area contributed by atoms with E-state index in [-0.39, 0.29) is 12.4 Å². The first-order chi connectivity index (χ1) is 8.97. The molecule has 0 spiro atoms. The maximum Gasteiger partial charge on any atom is 0.376 e. The molecule has 7 heteroatoms. The van der Waals surface area contributed by atoms with Gasteiger partial charge in [-0.05, 0) is 6.92 Å². The minimum absolute atomic E-state index is 0.100. The molecule has 1 rings (SSSR count). The lowest BCUT2D eigenvalue weighted by molar-refractivity contribution is -0.135. The molecule has 0 aliphatic heterocycles. The number of rotatable bonds is 6. The van der Waals surface area contributed by atoms with Crippen LogP contribution in [0.25, 0.3) is 0 Å². The number of hydrogen-bond acceptors (Lipinski definition) is 6. The average molecular weight is 265 g/mol. The van der Waals surface area contributed by atoms with Gasteiger partial charge in [-0.3, -0.25) is 4.79 Å². The van der Waals surface area contributed by atoms with Gasteiger partial charge in [0.25, 0.3) is 0 Å². The number of hydrogen-bond donors (Lipinski definition) is 1. The Morgan fingerprint density at radius 2 is 2.21 bits per heavy atom.